The molecule has 0 aromatic carbocycles. The highest BCUT2D eigenvalue weighted by Gasteiger charge is 2.83. The standard InChI is InChI=1S/C64H106O20Si8/c1-42-2-3-48(41-65-42)21-29-90-78-86(25-17-44-5-12-55-61(35-44)69-55)73-85(24-16-43-4-11-54-60(34-43)68-54)74-87(26-18-45-6-13-56-62(36-45)70-56)77-89(76-86,28-20-47-8-15-58-64(38-47)72-58)82-92(83-90,31-23-50-9-10-51-40-59(50)67-51)84-91(80-87,30-22-49-32-52-39-53(33-49)66-52)81-88(75-85,79-90)27-19-46-7-14-57-63(37-46)71-57/h42-64H,2-41H2,1H3. The van der Waals surface area contributed by atoms with Crippen LogP contribution in [0.4, 0.5) is 0 Å². The van der Waals surface area contributed by atoms with Crippen LogP contribution in [0.25, 0.3) is 0 Å². The summed E-state index contributed by atoms with van der Waals surface area (Å²) >= 11 is 0. The molecule has 0 aromatic rings. The minimum atomic E-state index is -4.24. The molecular formula is C64H106O20Si8. The molecule has 0 radical (unpaired) electrons. The quantitative estimate of drug-likeness (QED) is 0.0651. The van der Waals surface area contributed by atoms with Crippen molar-refractivity contribution in [3.8, 4) is 0 Å². The van der Waals surface area contributed by atoms with Gasteiger partial charge in [0, 0.05) is 61.4 Å². The summed E-state index contributed by atoms with van der Waals surface area (Å²) in [5.74, 6) is 3.06. The van der Waals surface area contributed by atoms with E-state index in [2.05, 4.69) is 6.92 Å². The Kier molecular flexibility index (Phi) is 16.4. The van der Waals surface area contributed by atoms with Crippen LogP contribution in [0.5, 0.6) is 0 Å². The van der Waals surface area contributed by atoms with E-state index in [0.717, 1.165) is 199 Å². The molecule has 28 heteroatoms. The molecule has 20 nitrogen and oxygen atoms in total. The summed E-state index contributed by atoms with van der Waals surface area (Å²) < 4.78 is 155. The second-order valence-electron chi connectivity index (χ2n) is 33.9. The predicted molar refractivity (Wildman–Crippen MR) is 345 cm³/mol. The maximum Gasteiger partial charge on any atom is 0.478 e. The molecule has 7 aliphatic carbocycles. The smallest absolute Gasteiger partial charge is 0.378 e. The van der Waals surface area contributed by atoms with Gasteiger partial charge in [-0.05, 0) is 247 Å². The van der Waals surface area contributed by atoms with Crippen LogP contribution in [0, 0.1) is 47.3 Å². The van der Waals surface area contributed by atoms with Crippen molar-refractivity contribution in [1.29, 1.82) is 0 Å². The van der Waals surface area contributed by atoms with Crippen molar-refractivity contribution in [2.75, 3.05) is 6.61 Å². The van der Waals surface area contributed by atoms with Crippen molar-refractivity contribution in [2.24, 2.45) is 47.3 Å². The van der Waals surface area contributed by atoms with Crippen molar-refractivity contribution < 1.29 is 87.3 Å². The van der Waals surface area contributed by atoms with Gasteiger partial charge in [-0.3, -0.25) is 0 Å². The van der Waals surface area contributed by atoms with Crippen molar-refractivity contribution in [1.82, 2.24) is 0 Å². The Bertz CT molecular complexity index is 2630. The minimum Gasteiger partial charge on any atom is -0.378 e. The summed E-state index contributed by atoms with van der Waals surface area (Å²) in [6.45, 7) is 2.90. The summed E-state index contributed by atoms with van der Waals surface area (Å²) in [5.41, 5.74) is 0. The van der Waals surface area contributed by atoms with Gasteiger partial charge < -0.3 is 87.3 Å². The fourth-order valence-corrected chi connectivity index (χ4v) is 72.9. The lowest BCUT2D eigenvalue weighted by Gasteiger charge is -2.64. The second kappa shape index (κ2) is 24.0. The molecule has 0 spiro atoms. The van der Waals surface area contributed by atoms with Crippen LogP contribution in [-0.4, -0.2) is 169 Å². The lowest BCUT2D eigenvalue weighted by atomic mass is 9.79. The molecule has 30 unspecified atom stereocenters. The Morgan fingerprint density at radius 1 is 0.228 bits per heavy atom. The molecule has 16 heterocycles. The summed E-state index contributed by atoms with van der Waals surface area (Å²) in [7, 11) is -33.8. The van der Waals surface area contributed by atoms with Gasteiger partial charge in [0.1, 0.15) is 0 Å². The molecule has 23 fully saturated rings. The zero-order chi connectivity index (χ0) is 60.7. The van der Waals surface area contributed by atoms with Crippen LogP contribution < -0.4 is 0 Å². The second-order valence-corrected chi connectivity index (χ2v) is 58.6. The van der Waals surface area contributed by atoms with Crippen molar-refractivity contribution in [2.45, 2.75) is 346 Å². The third-order valence-corrected chi connectivity index (χ3v) is 64.1. The van der Waals surface area contributed by atoms with Crippen LogP contribution >= 0.6 is 0 Å². The van der Waals surface area contributed by atoms with E-state index in [1.807, 2.05) is 0 Å². The maximum atomic E-state index is 8.72. The number of fused-ring (bicyclic) bond motifs is 9. The highest BCUT2D eigenvalue weighted by molar-refractivity contribution is 7.03. The lowest BCUT2D eigenvalue weighted by Crippen LogP contribution is -2.88. The fourth-order valence-electron chi connectivity index (χ4n) is 21.3. The van der Waals surface area contributed by atoms with E-state index < -0.39 is 70.4 Å². The predicted octanol–water partition coefficient (Wildman–Crippen LogP) is 11.7. The van der Waals surface area contributed by atoms with E-state index in [9.17, 15) is 0 Å². The molecule has 92 heavy (non-hydrogen) atoms. The Morgan fingerprint density at radius 3 is 0.804 bits per heavy atom. The third kappa shape index (κ3) is 12.9. The van der Waals surface area contributed by atoms with Gasteiger partial charge in [-0.15, -0.1) is 0 Å². The molecule has 0 aromatic heterocycles. The minimum absolute atomic E-state index is 0.209. The summed E-state index contributed by atoms with van der Waals surface area (Å²) in [4.78, 5) is 0. The summed E-state index contributed by atoms with van der Waals surface area (Å²) in [6, 6.07) is 4.37. The number of hydrogen-bond donors (Lipinski definition) is 0. The Morgan fingerprint density at radius 2 is 0.522 bits per heavy atom. The molecule has 23 aliphatic rings. The first-order valence-electron chi connectivity index (χ1n) is 38.4. The third-order valence-electron chi connectivity index (χ3n) is 27.1. The molecule has 7 saturated carbocycles. The van der Waals surface area contributed by atoms with Crippen molar-refractivity contribution in [3.63, 3.8) is 0 Å². The topological polar surface area (TPSA) is 201 Å². The molecule has 23 rings (SSSR count). The molecule has 0 amide bonds. The van der Waals surface area contributed by atoms with E-state index in [1.54, 1.807) is 0 Å². The van der Waals surface area contributed by atoms with Gasteiger partial charge in [0.15, 0.2) is 0 Å². The average molecular weight is 1420 g/mol. The van der Waals surface area contributed by atoms with Crippen LogP contribution in [0.15, 0.2) is 0 Å². The van der Waals surface area contributed by atoms with E-state index in [0.29, 0.717) is 176 Å². The molecular weight excluding hydrogens is 1310 g/mol. The average Bonchev–Trinajstić information content (AvgIpc) is 0.959. The highest BCUT2D eigenvalue weighted by atomic mass is 28.6. The fraction of sp³-hybridized carbons (Fsp3) is 1.00. The monoisotopic (exact) mass is 1420 g/mol. The van der Waals surface area contributed by atoms with Crippen LogP contribution in [0.1, 0.15) is 206 Å². The molecule has 16 saturated heterocycles. The van der Waals surface area contributed by atoms with Gasteiger partial charge >= 0.3 is 70.4 Å². The first-order chi connectivity index (χ1) is 44.8. The van der Waals surface area contributed by atoms with Gasteiger partial charge in [0.25, 0.3) is 0 Å². The molecule has 12 bridgehead atoms. The lowest BCUT2D eigenvalue weighted by molar-refractivity contribution is -0.185. The van der Waals surface area contributed by atoms with E-state index in [4.69, 9.17) is 87.3 Å². The highest BCUT2D eigenvalue weighted by Crippen LogP contribution is 2.59. The molecule has 16 aliphatic heterocycles. The molecule has 514 valence electrons. The van der Waals surface area contributed by atoms with Gasteiger partial charge in [-0.2, -0.15) is 0 Å². The zero-order valence-corrected chi connectivity index (χ0v) is 62.7. The van der Waals surface area contributed by atoms with Gasteiger partial charge in [0.2, 0.25) is 0 Å². The maximum absolute atomic E-state index is 8.72. The summed E-state index contributed by atoms with van der Waals surface area (Å²) in [5, 5.41) is 0. The van der Waals surface area contributed by atoms with Crippen LogP contribution in [0.3, 0.4) is 0 Å². The first-order valence-corrected chi connectivity index (χ1v) is 53.8. The first kappa shape index (κ1) is 62.7. The largest absolute Gasteiger partial charge is 0.478 e. The Labute approximate surface area is 554 Å². The molecule has 30 atom stereocenters. The summed E-state index contributed by atoms with van der Waals surface area (Å²) in [6.07, 6.45) is 36.2. The number of rotatable bonds is 24. The Hall–Kier alpha value is 0.935. The van der Waals surface area contributed by atoms with Gasteiger partial charge in [-0.1, -0.05) is 0 Å². The van der Waals surface area contributed by atoms with Crippen molar-refractivity contribution >= 4 is 70.4 Å². The van der Waals surface area contributed by atoms with E-state index >= 15 is 0 Å². The normalized spacial score (nSPS) is 57.3. The number of epoxide rings is 5. The molecule has 0 N–H and O–H groups in total. The van der Waals surface area contributed by atoms with E-state index in [1.165, 1.54) is 0 Å². The van der Waals surface area contributed by atoms with Crippen LogP contribution in [0.2, 0.25) is 48.4 Å². The van der Waals surface area contributed by atoms with Crippen molar-refractivity contribution in [3.05, 3.63) is 0 Å². The van der Waals surface area contributed by atoms with Gasteiger partial charge in [-0.25, -0.2) is 0 Å². The SMILES string of the molecule is CC1CCC(CC[Si]23O[Si]4(CCC5CCC6OC6C5)O[Si]5(CCC6CCC7OC7C6)O[Si](CCC6CCC7OC7C6)(O2)O[Si]2(CCC6CCC7OC7C6)O[Si](CCC6CCC7OC7C6)(O5)O[Si](CCC5CC6CC(C5)O6)(O4)O[Si](CCC4CCC5CC4O5)(O3)O2)CO1. The number of ether oxygens (including phenoxy) is 8. The van der Waals surface area contributed by atoms with E-state index in [-0.39, 0.29) is 18.1 Å². The zero-order valence-electron chi connectivity index (χ0n) is 54.7. The van der Waals surface area contributed by atoms with Gasteiger partial charge in [0.05, 0.1) is 91.6 Å². The number of hydrogen-bond acceptors (Lipinski definition) is 20. The van der Waals surface area contributed by atoms with Crippen LogP contribution in [-0.2, 0) is 87.3 Å². The Balaban J connectivity index is 0.770.